The van der Waals surface area contributed by atoms with Crippen molar-refractivity contribution in [2.24, 2.45) is 7.05 Å². The van der Waals surface area contributed by atoms with E-state index in [1.807, 2.05) is 0 Å². The summed E-state index contributed by atoms with van der Waals surface area (Å²) in [6, 6.07) is 2.09. The molecular formula is C11H13Cl2N5O2S. The van der Waals surface area contributed by atoms with Crippen molar-refractivity contribution in [1.82, 2.24) is 19.5 Å². The summed E-state index contributed by atoms with van der Waals surface area (Å²) in [5.41, 5.74) is 5.67. The Morgan fingerprint density at radius 3 is 2.62 bits per heavy atom. The van der Waals surface area contributed by atoms with Gasteiger partial charge < -0.3 is 10.3 Å². The van der Waals surface area contributed by atoms with E-state index in [1.165, 1.54) is 18.5 Å². The molecule has 10 heteroatoms. The highest BCUT2D eigenvalue weighted by Crippen LogP contribution is 2.33. The third-order valence-electron chi connectivity index (χ3n) is 2.85. The number of aromatic nitrogens is 3. The third-order valence-corrected chi connectivity index (χ3v) is 5.28. The van der Waals surface area contributed by atoms with E-state index in [9.17, 15) is 8.42 Å². The molecule has 7 nitrogen and oxygen atoms in total. The van der Waals surface area contributed by atoms with Crippen LogP contribution in [0.3, 0.4) is 0 Å². The third kappa shape index (κ3) is 3.13. The summed E-state index contributed by atoms with van der Waals surface area (Å²) in [5, 5.41) is 7.64. The van der Waals surface area contributed by atoms with Gasteiger partial charge in [-0.25, -0.2) is 13.1 Å². The van der Waals surface area contributed by atoms with E-state index < -0.39 is 16.1 Å². The lowest BCUT2D eigenvalue weighted by molar-refractivity contribution is 0.553. The quantitative estimate of drug-likeness (QED) is 0.818. The average molecular weight is 350 g/mol. The van der Waals surface area contributed by atoms with Crippen LogP contribution in [0, 0.1) is 0 Å². The maximum Gasteiger partial charge on any atom is 0.242 e. The summed E-state index contributed by atoms with van der Waals surface area (Å²) < 4.78 is 28.8. The summed E-state index contributed by atoms with van der Waals surface area (Å²) in [6.07, 6.45) is 1.48. The molecule has 21 heavy (non-hydrogen) atoms. The van der Waals surface area contributed by atoms with Crippen molar-refractivity contribution in [2.75, 3.05) is 5.73 Å². The topological polar surface area (TPSA) is 103 Å². The Balaban J connectivity index is 2.36. The van der Waals surface area contributed by atoms with Crippen LogP contribution in [0.5, 0.6) is 0 Å². The molecule has 1 heterocycles. The lowest BCUT2D eigenvalue weighted by atomic mass is 10.3. The number of aryl methyl sites for hydroxylation is 1. The minimum Gasteiger partial charge on any atom is -0.396 e. The molecule has 0 radical (unpaired) electrons. The molecule has 0 aliphatic rings. The number of hydrogen-bond acceptors (Lipinski definition) is 5. The molecule has 0 saturated carbocycles. The molecule has 2 aromatic rings. The molecule has 1 aromatic carbocycles. The molecule has 0 aliphatic heterocycles. The molecule has 0 aliphatic carbocycles. The monoisotopic (exact) mass is 349 g/mol. The van der Waals surface area contributed by atoms with Crippen molar-refractivity contribution in [3.05, 3.63) is 34.3 Å². The van der Waals surface area contributed by atoms with Crippen LogP contribution in [-0.4, -0.2) is 23.2 Å². The van der Waals surface area contributed by atoms with Crippen LogP contribution in [0.4, 0.5) is 5.69 Å². The van der Waals surface area contributed by atoms with Crippen molar-refractivity contribution in [2.45, 2.75) is 17.9 Å². The Bertz CT molecular complexity index is 775. The number of sulfonamides is 1. The number of nitrogens with zero attached hydrogens (tertiary/aromatic N) is 3. The number of halogens is 2. The summed E-state index contributed by atoms with van der Waals surface area (Å²) in [5.74, 6) is 0.469. The van der Waals surface area contributed by atoms with Gasteiger partial charge in [0, 0.05) is 7.05 Å². The summed E-state index contributed by atoms with van der Waals surface area (Å²) in [7, 11) is -2.16. The van der Waals surface area contributed by atoms with E-state index in [0.717, 1.165) is 0 Å². The molecular weight excluding hydrogens is 337 g/mol. The maximum absolute atomic E-state index is 12.4. The van der Waals surface area contributed by atoms with Gasteiger partial charge in [0.05, 0.1) is 21.8 Å². The zero-order valence-corrected chi connectivity index (χ0v) is 13.5. The lowest BCUT2D eigenvalue weighted by Crippen LogP contribution is -2.29. The van der Waals surface area contributed by atoms with Gasteiger partial charge in [-0.05, 0) is 19.1 Å². The number of anilines is 1. The summed E-state index contributed by atoms with van der Waals surface area (Å²) >= 11 is 11.8. The predicted octanol–water partition coefficient (Wildman–Crippen LogP) is 1.74. The Hall–Kier alpha value is -1.35. The van der Waals surface area contributed by atoms with Gasteiger partial charge in [-0.2, -0.15) is 0 Å². The van der Waals surface area contributed by atoms with Gasteiger partial charge >= 0.3 is 0 Å². The first kappa shape index (κ1) is 16.0. The molecule has 0 fully saturated rings. The zero-order chi connectivity index (χ0) is 15.8. The van der Waals surface area contributed by atoms with Crippen LogP contribution in [0.25, 0.3) is 0 Å². The van der Waals surface area contributed by atoms with Gasteiger partial charge in [0.15, 0.2) is 0 Å². The molecule has 1 atom stereocenters. The van der Waals surface area contributed by atoms with Crippen molar-refractivity contribution >= 4 is 38.9 Å². The fourth-order valence-corrected chi connectivity index (χ4v) is 3.76. The first-order chi connectivity index (χ1) is 9.74. The van der Waals surface area contributed by atoms with Crippen molar-refractivity contribution in [3.63, 3.8) is 0 Å². The van der Waals surface area contributed by atoms with Crippen molar-refractivity contribution < 1.29 is 8.42 Å². The molecule has 1 aromatic heterocycles. The van der Waals surface area contributed by atoms with E-state index in [-0.39, 0.29) is 20.6 Å². The van der Waals surface area contributed by atoms with E-state index >= 15 is 0 Å². The van der Waals surface area contributed by atoms with Crippen molar-refractivity contribution in [3.8, 4) is 0 Å². The molecule has 1 unspecified atom stereocenters. The second-order valence-corrected chi connectivity index (χ2v) is 6.88. The largest absolute Gasteiger partial charge is 0.396 e. The molecule has 0 amide bonds. The van der Waals surface area contributed by atoms with Crippen LogP contribution in [0.2, 0.25) is 10.0 Å². The normalized spacial score (nSPS) is 13.3. The Labute approximate surface area is 132 Å². The van der Waals surface area contributed by atoms with Gasteiger partial charge in [-0.15, -0.1) is 10.2 Å². The Kier molecular flexibility index (Phi) is 4.43. The smallest absolute Gasteiger partial charge is 0.242 e. The van der Waals surface area contributed by atoms with E-state index in [0.29, 0.717) is 5.82 Å². The molecule has 0 spiro atoms. The predicted molar refractivity (Wildman–Crippen MR) is 80.6 cm³/mol. The van der Waals surface area contributed by atoms with Crippen LogP contribution in [0.15, 0.2) is 23.4 Å². The second kappa shape index (κ2) is 5.80. The number of nitrogens with one attached hydrogen (secondary N) is 1. The van der Waals surface area contributed by atoms with Gasteiger partial charge in [-0.1, -0.05) is 23.2 Å². The Morgan fingerprint density at radius 1 is 1.38 bits per heavy atom. The Morgan fingerprint density at radius 2 is 2.05 bits per heavy atom. The highest BCUT2D eigenvalue weighted by molar-refractivity contribution is 7.89. The van der Waals surface area contributed by atoms with Gasteiger partial charge in [-0.3, -0.25) is 0 Å². The van der Waals surface area contributed by atoms with Crippen LogP contribution in [0.1, 0.15) is 18.8 Å². The lowest BCUT2D eigenvalue weighted by Gasteiger charge is -2.15. The molecule has 0 saturated heterocycles. The molecule has 2 rings (SSSR count). The second-order valence-electron chi connectivity index (χ2n) is 4.42. The first-order valence-electron chi connectivity index (χ1n) is 5.83. The fraction of sp³-hybridized carbons (Fsp3) is 0.273. The maximum atomic E-state index is 12.4. The van der Waals surface area contributed by atoms with Crippen LogP contribution >= 0.6 is 23.2 Å². The SMILES string of the molecule is CC(NS(=O)(=O)c1ccc(Cl)c(N)c1Cl)c1nncn1C. The highest BCUT2D eigenvalue weighted by atomic mass is 35.5. The van der Waals surface area contributed by atoms with E-state index in [2.05, 4.69) is 14.9 Å². The number of hydrogen-bond donors (Lipinski definition) is 2. The number of benzene rings is 1. The van der Waals surface area contributed by atoms with Gasteiger partial charge in [0.1, 0.15) is 17.0 Å². The molecule has 114 valence electrons. The minimum absolute atomic E-state index is 0.0209. The fourth-order valence-electron chi connectivity index (χ4n) is 1.79. The summed E-state index contributed by atoms with van der Waals surface area (Å²) in [4.78, 5) is -0.139. The number of nitrogens with two attached hydrogens (primary N) is 1. The average Bonchev–Trinajstić information content (AvgIpc) is 2.81. The van der Waals surface area contributed by atoms with E-state index in [4.69, 9.17) is 28.9 Å². The minimum atomic E-state index is -3.87. The number of nitrogen functional groups attached to an aromatic ring is 1. The highest BCUT2D eigenvalue weighted by Gasteiger charge is 2.24. The molecule has 3 N–H and O–H groups in total. The van der Waals surface area contributed by atoms with E-state index in [1.54, 1.807) is 18.5 Å². The summed E-state index contributed by atoms with van der Waals surface area (Å²) in [6.45, 7) is 1.65. The van der Waals surface area contributed by atoms with Crippen LogP contribution in [-0.2, 0) is 17.1 Å². The molecule has 0 bridgehead atoms. The van der Waals surface area contributed by atoms with Gasteiger partial charge in [0.25, 0.3) is 0 Å². The van der Waals surface area contributed by atoms with Gasteiger partial charge in [0.2, 0.25) is 10.0 Å². The standard InChI is InChI=1S/C11H13Cl2N5O2S/c1-6(11-16-15-5-18(11)2)17-21(19,20)8-4-3-7(12)10(14)9(8)13/h3-6,17H,14H2,1-2H3. The van der Waals surface area contributed by atoms with Crippen molar-refractivity contribution in [1.29, 1.82) is 0 Å². The number of rotatable bonds is 4. The zero-order valence-electron chi connectivity index (χ0n) is 11.2. The first-order valence-corrected chi connectivity index (χ1v) is 8.07. The van der Waals surface area contributed by atoms with Crippen LogP contribution < -0.4 is 10.5 Å².